The summed E-state index contributed by atoms with van der Waals surface area (Å²) in [5.41, 5.74) is 7.89. The number of hydrogen-bond acceptors (Lipinski definition) is 3. The molecule has 0 spiro atoms. The van der Waals surface area contributed by atoms with Gasteiger partial charge in [0.1, 0.15) is 0 Å². The fourth-order valence-electron chi connectivity index (χ4n) is 2.85. The van der Waals surface area contributed by atoms with E-state index in [4.69, 9.17) is 5.73 Å². The van der Waals surface area contributed by atoms with Crippen molar-refractivity contribution in [3.05, 3.63) is 24.3 Å². The van der Waals surface area contributed by atoms with E-state index in [1.165, 1.54) is 57.4 Å². The van der Waals surface area contributed by atoms with Crippen molar-refractivity contribution < 1.29 is 0 Å². The van der Waals surface area contributed by atoms with Gasteiger partial charge in [-0.05, 0) is 37.2 Å². The number of nitrogen functional groups attached to an aromatic ring is 1. The maximum Gasteiger partial charge on any atom is 0.0368 e. The van der Waals surface area contributed by atoms with Crippen molar-refractivity contribution >= 4 is 11.4 Å². The van der Waals surface area contributed by atoms with Gasteiger partial charge in [-0.1, -0.05) is 32.6 Å². The topological polar surface area (TPSA) is 32.5 Å². The lowest BCUT2D eigenvalue weighted by Crippen LogP contribution is -2.46. The van der Waals surface area contributed by atoms with E-state index in [0.717, 1.165) is 18.8 Å². The molecule has 20 heavy (non-hydrogen) atoms. The number of nitrogens with two attached hydrogens (primary N) is 1. The summed E-state index contributed by atoms with van der Waals surface area (Å²) >= 11 is 0. The summed E-state index contributed by atoms with van der Waals surface area (Å²) in [5.74, 6) is 0. The Labute approximate surface area is 123 Å². The van der Waals surface area contributed by atoms with Crippen LogP contribution in [0.1, 0.15) is 39.0 Å². The molecule has 0 aliphatic carbocycles. The highest BCUT2D eigenvalue weighted by atomic mass is 15.3. The molecule has 0 radical (unpaired) electrons. The van der Waals surface area contributed by atoms with Crippen molar-refractivity contribution in [2.45, 2.75) is 39.0 Å². The van der Waals surface area contributed by atoms with E-state index in [1.54, 1.807) is 0 Å². The quantitative estimate of drug-likeness (QED) is 0.612. The number of rotatable bonds is 7. The first-order chi connectivity index (χ1) is 9.79. The third-order valence-corrected chi connectivity index (χ3v) is 4.21. The molecule has 1 aliphatic heterocycles. The summed E-state index contributed by atoms with van der Waals surface area (Å²) < 4.78 is 0. The van der Waals surface area contributed by atoms with Crippen molar-refractivity contribution in [3.8, 4) is 0 Å². The molecule has 3 heteroatoms. The second-order valence-corrected chi connectivity index (χ2v) is 5.83. The Hall–Kier alpha value is -1.22. The van der Waals surface area contributed by atoms with Crippen molar-refractivity contribution in [2.75, 3.05) is 43.4 Å². The predicted octanol–water partition coefficient (Wildman–Crippen LogP) is 3.36. The van der Waals surface area contributed by atoms with E-state index in [9.17, 15) is 0 Å². The van der Waals surface area contributed by atoms with E-state index in [1.807, 2.05) is 12.1 Å². The van der Waals surface area contributed by atoms with Crippen molar-refractivity contribution in [3.63, 3.8) is 0 Å². The average molecular weight is 275 g/mol. The van der Waals surface area contributed by atoms with E-state index in [0.29, 0.717) is 0 Å². The minimum atomic E-state index is 0.847. The second kappa shape index (κ2) is 8.15. The molecule has 1 fully saturated rings. The van der Waals surface area contributed by atoms with Gasteiger partial charge >= 0.3 is 0 Å². The summed E-state index contributed by atoms with van der Waals surface area (Å²) in [4.78, 5) is 5.08. The predicted molar refractivity (Wildman–Crippen MR) is 88.3 cm³/mol. The molecule has 0 aromatic heterocycles. The molecule has 2 rings (SSSR count). The highest BCUT2D eigenvalue weighted by Crippen LogP contribution is 2.18. The van der Waals surface area contributed by atoms with Crippen molar-refractivity contribution in [1.29, 1.82) is 0 Å². The standard InChI is InChI=1S/C17H29N3/c1-2-3-4-5-6-11-19-12-14-20(15-13-19)17-9-7-16(18)8-10-17/h7-10H,2-6,11-15,18H2,1H3. The van der Waals surface area contributed by atoms with Crippen LogP contribution in [0.3, 0.4) is 0 Å². The zero-order valence-electron chi connectivity index (χ0n) is 12.9. The Bertz CT molecular complexity index is 366. The van der Waals surface area contributed by atoms with Crippen LogP contribution >= 0.6 is 0 Å². The zero-order chi connectivity index (χ0) is 14.2. The minimum Gasteiger partial charge on any atom is -0.399 e. The molecule has 0 unspecified atom stereocenters. The van der Waals surface area contributed by atoms with Gasteiger partial charge in [-0.2, -0.15) is 0 Å². The van der Waals surface area contributed by atoms with Crippen LogP contribution in [-0.4, -0.2) is 37.6 Å². The van der Waals surface area contributed by atoms with Gasteiger partial charge in [-0.25, -0.2) is 0 Å². The smallest absolute Gasteiger partial charge is 0.0368 e. The SMILES string of the molecule is CCCCCCCN1CCN(c2ccc(N)cc2)CC1. The largest absolute Gasteiger partial charge is 0.399 e. The van der Waals surface area contributed by atoms with E-state index < -0.39 is 0 Å². The zero-order valence-corrected chi connectivity index (χ0v) is 12.9. The molecule has 0 bridgehead atoms. The first-order valence-electron chi connectivity index (χ1n) is 8.12. The Morgan fingerprint density at radius 1 is 0.900 bits per heavy atom. The van der Waals surface area contributed by atoms with Gasteiger partial charge in [-0.3, -0.25) is 4.90 Å². The number of benzene rings is 1. The first kappa shape index (κ1) is 15.2. The highest BCUT2D eigenvalue weighted by Gasteiger charge is 2.16. The van der Waals surface area contributed by atoms with Crippen LogP contribution in [0.5, 0.6) is 0 Å². The molecule has 0 saturated carbocycles. The molecule has 1 aromatic carbocycles. The number of piperazine rings is 1. The van der Waals surface area contributed by atoms with Crippen LogP contribution in [0.4, 0.5) is 11.4 Å². The molecule has 0 atom stereocenters. The summed E-state index contributed by atoms with van der Waals surface area (Å²) in [7, 11) is 0. The highest BCUT2D eigenvalue weighted by molar-refractivity contribution is 5.53. The lowest BCUT2D eigenvalue weighted by atomic mass is 10.1. The fraction of sp³-hybridized carbons (Fsp3) is 0.647. The Morgan fingerprint density at radius 3 is 2.20 bits per heavy atom. The monoisotopic (exact) mass is 275 g/mol. The molecule has 1 saturated heterocycles. The second-order valence-electron chi connectivity index (χ2n) is 5.83. The molecule has 1 aromatic rings. The van der Waals surface area contributed by atoms with E-state index >= 15 is 0 Å². The normalized spacial score (nSPS) is 16.6. The Balaban J connectivity index is 1.66. The molecule has 2 N–H and O–H groups in total. The van der Waals surface area contributed by atoms with Crippen molar-refractivity contribution in [2.24, 2.45) is 0 Å². The van der Waals surface area contributed by atoms with Crippen LogP contribution in [-0.2, 0) is 0 Å². The van der Waals surface area contributed by atoms with Crippen LogP contribution in [0.2, 0.25) is 0 Å². The Morgan fingerprint density at radius 2 is 1.55 bits per heavy atom. The molecule has 0 amide bonds. The van der Waals surface area contributed by atoms with Gasteiger partial charge in [0.2, 0.25) is 0 Å². The molecule has 112 valence electrons. The molecular weight excluding hydrogens is 246 g/mol. The first-order valence-corrected chi connectivity index (χ1v) is 8.12. The van der Waals surface area contributed by atoms with E-state index in [2.05, 4.69) is 28.9 Å². The molecule has 1 aliphatic rings. The fourth-order valence-corrected chi connectivity index (χ4v) is 2.85. The van der Waals surface area contributed by atoms with Gasteiger partial charge in [0.05, 0.1) is 0 Å². The van der Waals surface area contributed by atoms with Gasteiger partial charge in [0, 0.05) is 37.6 Å². The summed E-state index contributed by atoms with van der Waals surface area (Å²) in [5, 5.41) is 0. The van der Waals surface area contributed by atoms with Crippen LogP contribution < -0.4 is 10.6 Å². The lowest BCUT2D eigenvalue weighted by molar-refractivity contribution is 0.252. The minimum absolute atomic E-state index is 0.847. The molecule has 1 heterocycles. The number of hydrogen-bond donors (Lipinski definition) is 1. The van der Waals surface area contributed by atoms with Gasteiger partial charge in [0.25, 0.3) is 0 Å². The van der Waals surface area contributed by atoms with Crippen molar-refractivity contribution in [1.82, 2.24) is 4.90 Å². The van der Waals surface area contributed by atoms with Crippen LogP contribution in [0.25, 0.3) is 0 Å². The average Bonchev–Trinajstić information content (AvgIpc) is 2.49. The molecule has 3 nitrogen and oxygen atoms in total. The summed E-state index contributed by atoms with van der Waals surface area (Å²) in [6.07, 6.45) is 6.89. The van der Waals surface area contributed by atoms with Crippen LogP contribution in [0, 0.1) is 0 Å². The summed E-state index contributed by atoms with van der Waals surface area (Å²) in [6.45, 7) is 8.21. The van der Waals surface area contributed by atoms with Gasteiger partial charge < -0.3 is 10.6 Å². The molecular formula is C17H29N3. The Kier molecular flexibility index (Phi) is 6.19. The number of unbranched alkanes of at least 4 members (excludes halogenated alkanes) is 4. The summed E-state index contributed by atoms with van der Waals surface area (Å²) in [6, 6.07) is 8.26. The van der Waals surface area contributed by atoms with Gasteiger partial charge in [0.15, 0.2) is 0 Å². The maximum atomic E-state index is 5.74. The van der Waals surface area contributed by atoms with E-state index in [-0.39, 0.29) is 0 Å². The third kappa shape index (κ3) is 4.71. The van der Waals surface area contributed by atoms with Gasteiger partial charge in [-0.15, -0.1) is 0 Å². The number of anilines is 2. The number of nitrogens with zero attached hydrogens (tertiary/aromatic N) is 2. The lowest BCUT2D eigenvalue weighted by Gasteiger charge is -2.36. The van der Waals surface area contributed by atoms with Crippen LogP contribution in [0.15, 0.2) is 24.3 Å². The third-order valence-electron chi connectivity index (χ3n) is 4.21. The maximum absolute atomic E-state index is 5.74.